The van der Waals surface area contributed by atoms with Crippen LogP contribution in [-0.2, 0) is 28.6 Å². The standard InChI is InChI=1S/C54H88O6/c1-4-7-10-13-15-17-18-19-20-21-22-23-24-25-26-27-28-29-30-31-32-33-34-35-36-37-39-41-44-47-53(56)59-50-51(49-58-52(55)46-43-40-12-9-6-3)60-54(57)48-45-42-38-16-14-11-8-5-2/h7,10,15,17,19-20,22-23,25-26,28-29,31-32,34-35,51H,4-6,8-9,11-14,16,18,21,24,27,30,33,36-50H2,1-3H3/b10-7-,17-15-,20-19-,23-22-,26-25-,29-28-,32-31-,35-34-. The van der Waals surface area contributed by atoms with Gasteiger partial charge in [0.05, 0.1) is 0 Å². The van der Waals surface area contributed by atoms with Crippen molar-refractivity contribution in [3.8, 4) is 0 Å². The highest BCUT2D eigenvalue weighted by molar-refractivity contribution is 5.71. The Kier molecular flexibility index (Phi) is 45.1. The van der Waals surface area contributed by atoms with Gasteiger partial charge in [0, 0.05) is 19.3 Å². The summed E-state index contributed by atoms with van der Waals surface area (Å²) < 4.78 is 16.5. The molecule has 0 aromatic rings. The molecule has 0 saturated heterocycles. The number of carbonyl (C=O) groups excluding carboxylic acids is 3. The van der Waals surface area contributed by atoms with Crippen molar-refractivity contribution < 1.29 is 28.6 Å². The quantitative estimate of drug-likeness (QED) is 0.0264. The Morgan fingerprint density at radius 1 is 0.350 bits per heavy atom. The minimum Gasteiger partial charge on any atom is -0.462 e. The lowest BCUT2D eigenvalue weighted by Crippen LogP contribution is -2.30. The van der Waals surface area contributed by atoms with Gasteiger partial charge >= 0.3 is 17.9 Å². The lowest BCUT2D eigenvalue weighted by molar-refractivity contribution is -0.167. The normalized spacial score (nSPS) is 12.9. The molecule has 0 aliphatic carbocycles. The van der Waals surface area contributed by atoms with Crippen LogP contribution in [0.3, 0.4) is 0 Å². The minimum atomic E-state index is -0.780. The Labute approximate surface area is 368 Å². The van der Waals surface area contributed by atoms with Crippen LogP contribution in [0.4, 0.5) is 0 Å². The molecule has 0 fully saturated rings. The topological polar surface area (TPSA) is 78.9 Å². The Morgan fingerprint density at radius 2 is 0.650 bits per heavy atom. The molecule has 0 heterocycles. The average molecular weight is 833 g/mol. The van der Waals surface area contributed by atoms with Crippen molar-refractivity contribution >= 4 is 17.9 Å². The number of carbonyl (C=O) groups is 3. The van der Waals surface area contributed by atoms with Crippen LogP contribution in [0, 0.1) is 0 Å². The number of ether oxygens (including phenoxy) is 3. The van der Waals surface area contributed by atoms with E-state index in [9.17, 15) is 14.4 Å². The van der Waals surface area contributed by atoms with Gasteiger partial charge in [0.25, 0.3) is 0 Å². The monoisotopic (exact) mass is 833 g/mol. The summed E-state index contributed by atoms with van der Waals surface area (Å²) in [5.74, 6) is -0.939. The fraction of sp³-hybridized carbons (Fsp3) is 0.648. The molecule has 6 heteroatoms. The second-order valence-electron chi connectivity index (χ2n) is 15.6. The first-order valence-electron chi connectivity index (χ1n) is 24.2. The van der Waals surface area contributed by atoms with E-state index in [0.29, 0.717) is 19.3 Å². The van der Waals surface area contributed by atoms with Gasteiger partial charge in [-0.3, -0.25) is 14.4 Å². The molecule has 0 aliphatic heterocycles. The third-order valence-electron chi connectivity index (χ3n) is 9.85. The van der Waals surface area contributed by atoms with Gasteiger partial charge in [0.1, 0.15) is 13.2 Å². The second kappa shape index (κ2) is 48.0. The first kappa shape index (κ1) is 56.3. The SMILES string of the molecule is CC/C=C\C/C=C\C/C=C\C/C=C\C/C=C\C/C=C\C/C=C\C/C=C\CCCCCCC(=O)OCC(COC(=O)CCCCCCC)OC(=O)CCCCCCCCCC. The maximum atomic E-state index is 12.6. The molecule has 60 heavy (non-hydrogen) atoms. The van der Waals surface area contributed by atoms with Crippen molar-refractivity contribution in [2.75, 3.05) is 13.2 Å². The maximum absolute atomic E-state index is 12.6. The van der Waals surface area contributed by atoms with Crippen molar-refractivity contribution in [3.05, 3.63) is 97.2 Å². The molecule has 0 spiro atoms. The molecule has 1 unspecified atom stereocenters. The van der Waals surface area contributed by atoms with Crippen molar-refractivity contribution in [1.82, 2.24) is 0 Å². The molecule has 0 radical (unpaired) electrons. The zero-order valence-corrected chi connectivity index (χ0v) is 38.7. The molecule has 0 N–H and O–H groups in total. The van der Waals surface area contributed by atoms with Gasteiger partial charge < -0.3 is 14.2 Å². The number of hydrogen-bond donors (Lipinski definition) is 0. The Bertz CT molecular complexity index is 1230. The van der Waals surface area contributed by atoms with E-state index in [-0.39, 0.29) is 31.1 Å². The van der Waals surface area contributed by atoms with Crippen LogP contribution < -0.4 is 0 Å². The molecule has 340 valence electrons. The van der Waals surface area contributed by atoms with Crippen molar-refractivity contribution in [2.24, 2.45) is 0 Å². The number of esters is 3. The van der Waals surface area contributed by atoms with Crippen LogP contribution in [-0.4, -0.2) is 37.2 Å². The number of allylic oxidation sites excluding steroid dienone is 16. The van der Waals surface area contributed by atoms with Crippen molar-refractivity contribution in [1.29, 1.82) is 0 Å². The summed E-state index contributed by atoms with van der Waals surface area (Å²) in [5, 5.41) is 0. The van der Waals surface area contributed by atoms with Gasteiger partial charge in [0.15, 0.2) is 6.10 Å². The highest BCUT2D eigenvalue weighted by atomic mass is 16.6. The molecule has 0 aliphatic rings. The molecule has 0 aromatic heterocycles. The first-order valence-corrected chi connectivity index (χ1v) is 24.2. The number of rotatable bonds is 42. The smallest absolute Gasteiger partial charge is 0.306 e. The fourth-order valence-electron chi connectivity index (χ4n) is 6.22. The van der Waals surface area contributed by atoms with E-state index in [2.05, 4.69) is 118 Å². The maximum Gasteiger partial charge on any atom is 0.306 e. The third kappa shape index (κ3) is 45.4. The first-order chi connectivity index (χ1) is 29.5. The predicted molar refractivity (Wildman–Crippen MR) is 256 cm³/mol. The lowest BCUT2D eigenvalue weighted by atomic mass is 10.1. The second-order valence-corrected chi connectivity index (χ2v) is 15.6. The zero-order valence-electron chi connectivity index (χ0n) is 38.7. The molecule has 0 bridgehead atoms. The van der Waals surface area contributed by atoms with Crippen LogP contribution in [0.5, 0.6) is 0 Å². The van der Waals surface area contributed by atoms with Gasteiger partial charge in [0.2, 0.25) is 0 Å². The fourth-order valence-corrected chi connectivity index (χ4v) is 6.22. The molecule has 0 amide bonds. The predicted octanol–water partition coefficient (Wildman–Crippen LogP) is 15.8. The summed E-state index contributed by atoms with van der Waals surface area (Å²) in [6, 6.07) is 0. The van der Waals surface area contributed by atoms with E-state index >= 15 is 0 Å². The van der Waals surface area contributed by atoms with Crippen LogP contribution in [0.2, 0.25) is 0 Å². The van der Waals surface area contributed by atoms with E-state index in [1.165, 1.54) is 38.5 Å². The van der Waals surface area contributed by atoms with E-state index in [0.717, 1.165) is 128 Å². The Balaban J connectivity index is 4.11. The minimum absolute atomic E-state index is 0.0863. The van der Waals surface area contributed by atoms with Gasteiger partial charge in [-0.15, -0.1) is 0 Å². The van der Waals surface area contributed by atoms with Crippen LogP contribution in [0.1, 0.15) is 207 Å². The molecule has 0 rings (SSSR count). The average Bonchev–Trinajstić information content (AvgIpc) is 3.24. The molecular formula is C54H88O6. The highest BCUT2D eigenvalue weighted by Crippen LogP contribution is 2.12. The van der Waals surface area contributed by atoms with E-state index < -0.39 is 6.10 Å². The number of hydrogen-bond acceptors (Lipinski definition) is 6. The van der Waals surface area contributed by atoms with E-state index in [1.807, 2.05) is 0 Å². The number of unbranched alkanes of at least 4 members (excludes halogenated alkanes) is 15. The summed E-state index contributed by atoms with van der Waals surface area (Å²) in [6.07, 6.45) is 63.0. The largest absolute Gasteiger partial charge is 0.462 e. The highest BCUT2D eigenvalue weighted by Gasteiger charge is 2.19. The lowest BCUT2D eigenvalue weighted by Gasteiger charge is -2.18. The van der Waals surface area contributed by atoms with Crippen LogP contribution >= 0.6 is 0 Å². The Hall–Kier alpha value is -3.67. The summed E-state index contributed by atoms with van der Waals surface area (Å²) in [4.78, 5) is 37.4. The van der Waals surface area contributed by atoms with Gasteiger partial charge in [-0.25, -0.2) is 0 Å². The van der Waals surface area contributed by atoms with Crippen LogP contribution in [0.15, 0.2) is 97.2 Å². The van der Waals surface area contributed by atoms with Gasteiger partial charge in [-0.05, 0) is 83.5 Å². The zero-order chi connectivity index (χ0) is 43.7. The molecule has 1 atom stereocenters. The molecular weight excluding hydrogens is 745 g/mol. The van der Waals surface area contributed by atoms with E-state index in [4.69, 9.17) is 14.2 Å². The summed E-state index contributed by atoms with van der Waals surface area (Å²) >= 11 is 0. The molecule has 0 saturated carbocycles. The third-order valence-corrected chi connectivity index (χ3v) is 9.85. The van der Waals surface area contributed by atoms with Crippen molar-refractivity contribution in [2.45, 2.75) is 213 Å². The van der Waals surface area contributed by atoms with Gasteiger partial charge in [-0.2, -0.15) is 0 Å². The summed E-state index contributed by atoms with van der Waals surface area (Å²) in [5.41, 5.74) is 0. The summed E-state index contributed by atoms with van der Waals surface area (Å²) in [7, 11) is 0. The van der Waals surface area contributed by atoms with Crippen molar-refractivity contribution in [3.63, 3.8) is 0 Å². The summed E-state index contributed by atoms with van der Waals surface area (Å²) in [6.45, 7) is 6.36. The van der Waals surface area contributed by atoms with Crippen LogP contribution in [0.25, 0.3) is 0 Å². The molecule has 6 nitrogen and oxygen atoms in total. The van der Waals surface area contributed by atoms with E-state index in [1.54, 1.807) is 0 Å². The Morgan fingerprint density at radius 3 is 1.02 bits per heavy atom. The molecule has 0 aromatic carbocycles. The van der Waals surface area contributed by atoms with Gasteiger partial charge in [-0.1, -0.05) is 201 Å².